The molecular formula is C23H28N4O6S. The van der Waals surface area contributed by atoms with Crippen LogP contribution in [0.4, 0.5) is 0 Å². The van der Waals surface area contributed by atoms with Crippen molar-refractivity contribution in [1.29, 1.82) is 0 Å². The van der Waals surface area contributed by atoms with Crippen LogP contribution in [0.25, 0.3) is 0 Å². The zero-order valence-corrected chi connectivity index (χ0v) is 20.4. The van der Waals surface area contributed by atoms with E-state index in [1.54, 1.807) is 26.0 Å². The van der Waals surface area contributed by atoms with Crippen molar-refractivity contribution in [3.8, 4) is 11.5 Å². The molecule has 0 radical (unpaired) electrons. The number of rotatable bonds is 8. The number of aryl methyl sites for hydroxylation is 1. The minimum atomic E-state index is -3.83. The maximum absolute atomic E-state index is 13.2. The van der Waals surface area contributed by atoms with Crippen LogP contribution in [0.3, 0.4) is 0 Å². The van der Waals surface area contributed by atoms with Crippen LogP contribution in [0.2, 0.25) is 0 Å². The first-order valence-electron chi connectivity index (χ1n) is 10.9. The molecule has 0 aliphatic carbocycles. The average molecular weight is 489 g/mol. The number of benzene rings is 1. The second-order valence-electron chi connectivity index (χ2n) is 8.19. The predicted molar refractivity (Wildman–Crippen MR) is 123 cm³/mol. The van der Waals surface area contributed by atoms with Gasteiger partial charge in [-0.25, -0.2) is 8.42 Å². The van der Waals surface area contributed by atoms with Crippen molar-refractivity contribution in [3.63, 3.8) is 0 Å². The number of nitrogens with zero attached hydrogens (tertiary/aromatic N) is 3. The summed E-state index contributed by atoms with van der Waals surface area (Å²) in [7, 11) is -2.35. The monoisotopic (exact) mass is 488 g/mol. The van der Waals surface area contributed by atoms with Crippen molar-refractivity contribution in [2.24, 2.45) is 0 Å². The number of ether oxygens (including phenoxy) is 2. The third-order valence-corrected chi connectivity index (χ3v) is 7.74. The van der Waals surface area contributed by atoms with Crippen LogP contribution in [-0.4, -0.2) is 48.7 Å². The molecule has 0 bridgehead atoms. The quantitative estimate of drug-likeness (QED) is 0.518. The van der Waals surface area contributed by atoms with Crippen molar-refractivity contribution >= 4 is 15.9 Å². The van der Waals surface area contributed by atoms with E-state index in [-0.39, 0.29) is 29.9 Å². The Hall–Kier alpha value is -3.31. The molecule has 3 heterocycles. The number of hydrogen-bond acceptors (Lipinski definition) is 7. The summed E-state index contributed by atoms with van der Waals surface area (Å²) in [5, 5.41) is 7.25. The van der Waals surface area contributed by atoms with Crippen molar-refractivity contribution < 1.29 is 27.1 Å². The van der Waals surface area contributed by atoms with E-state index in [9.17, 15) is 13.2 Å². The lowest BCUT2D eigenvalue weighted by molar-refractivity contribution is -0.122. The summed E-state index contributed by atoms with van der Waals surface area (Å²) in [6, 6.07) is 8.67. The first-order valence-corrected chi connectivity index (χ1v) is 12.3. The van der Waals surface area contributed by atoms with Gasteiger partial charge in [-0.05, 0) is 50.6 Å². The SMILES string of the molecule is Cc1nn(CC(=O)NC(C)c2ccc3c(c2)OCCO3)c(C)c1S(=O)(=O)N(C)Cc1ccco1. The number of hydrogen-bond donors (Lipinski definition) is 1. The maximum Gasteiger partial charge on any atom is 0.246 e. The molecule has 0 saturated heterocycles. The third-order valence-electron chi connectivity index (χ3n) is 5.68. The largest absolute Gasteiger partial charge is 0.486 e. The molecule has 1 atom stereocenters. The second kappa shape index (κ2) is 9.51. The fourth-order valence-electron chi connectivity index (χ4n) is 3.91. The zero-order valence-electron chi connectivity index (χ0n) is 19.6. The van der Waals surface area contributed by atoms with Crippen LogP contribution < -0.4 is 14.8 Å². The van der Waals surface area contributed by atoms with Gasteiger partial charge in [0.25, 0.3) is 0 Å². The minimum absolute atomic E-state index is 0.0902. The molecule has 1 aliphatic rings. The van der Waals surface area contributed by atoms with Gasteiger partial charge in [0.2, 0.25) is 15.9 Å². The molecule has 0 fully saturated rings. The molecule has 1 aliphatic heterocycles. The maximum atomic E-state index is 13.2. The molecule has 1 aromatic carbocycles. The van der Waals surface area contributed by atoms with E-state index in [0.717, 1.165) is 5.56 Å². The number of furan rings is 1. The van der Waals surface area contributed by atoms with Gasteiger partial charge in [-0.3, -0.25) is 9.48 Å². The highest BCUT2D eigenvalue weighted by Crippen LogP contribution is 2.32. The highest BCUT2D eigenvalue weighted by atomic mass is 32.2. The lowest BCUT2D eigenvalue weighted by Crippen LogP contribution is -2.31. The first kappa shape index (κ1) is 23.8. The van der Waals surface area contributed by atoms with Crippen molar-refractivity contribution in [2.75, 3.05) is 20.3 Å². The van der Waals surface area contributed by atoms with Gasteiger partial charge in [-0.2, -0.15) is 9.40 Å². The van der Waals surface area contributed by atoms with Crippen LogP contribution in [0.1, 0.15) is 35.7 Å². The molecule has 2 aromatic heterocycles. The summed E-state index contributed by atoms with van der Waals surface area (Å²) in [6.07, 6.45) is 1.49. The molecule has 34 heavy (non-hydrogen) atoms. The topological polar surface area (TPSA) is 116 Å². The first-order chi connectivity index (χ1) is 16.2. The van der Waals surface area contributed by atoms with Crippen molar-refractivity contribution in [3.05, 3.63) is 59.3 Å². The summed E-state index contributed by atoms with van der Waals surface area (Å²) < 4.78 is 45.4. The average Bonchev–Trinajstić information content (AvgIpc) is 3.40. The van der Waals surface area contributed by atoms with Crippen LogP contribution in [-0.2, 0) is 27.9 Å². The van der Waals surface area contributed by atoms with E-state index in [4.69, 9.17) is 13.9 Å². The van der Waals surface area contributed by atoms with Crippen LogP contribution in [0.5, 0.6) is 11.5 Å². The highest BCUT2D eigenvalue weighted by Gasteiger charge is 2.30. The standard InChI is InChI=1S/C23H28N4O6S/c1-15(18-7-8-20-21(12-18)33-11-10-32-20)24-22(28)14-27-17(3)23(16(2)25-27)34(29,30)26(4)13-19-6-5-9-31-19/h5-9,12,15H,10-11,13-14H2,1-4H3,(H,24,28). The Morgan fingerprint density at radius 2 is 1.94 bits per heavy atom. The van der Waals surface area contributed by atoms with Gasteiger partial charge in [0.1, 0.15) is 30.4 Å². The summed E-state index contributed by atoms with van der Waals surface area (Å²) in [5.41, 5.74) is 1.59. The number of carbonyl (C=O) groups excluding carboxylic acids is 1. The van der Waals surface area contributed by atoms with Gasteiger partial charge < -0.3 is 19.2 Å². The smallest absolute Gasteiger partial charge is 0.246 e. The van der Waals surface area contributed by atoms with E-state index in [1.165, 1.54) is 22.3 Å². The molecule has 0 spiro atoms. The van der Waals surface area contributed by atoms with Crippen LogP contribution in [0, 0.1) is 13.8 Å². The van der Waals surface area contributed by atoms with Gasteiger partial charge in [0.05, 0.1) is 30.2 Å². The molecule has 4 rings (SSSR count). The van der Waals surface area contributed by atoms with Gasteiger partial charge in [-0.15, -0.1) is 0 Å². The van der Waals surface area contributed by atoms with E-state index >= 15 is 0 Å². The Bertz CT molecular complexity index is 1280. The Morgan fingerprint density at radius 3 is 2.65 bits per heavy atom. The Balaban J connectivity index is 1.46. The fourth-order valence-corrected chi connectivity index (χ4v) is 5.41. The third kappa shape index (κ3) is 4.80. The normalized spacial score (nSPS) is 14.3. The molecule has 182 valence electrons. The molecule has 10 nitrogen and oxygen atoms in total. The number of fused-ring (bicyclic) bond motifs is 1. The molecular weight excluding hydrogens is 460 g/mol. The molecule has 11 heteroatoms. The van der Waals surface area contributed by atoms with E-state index in [0.29, 0.717) is 41.9 Å². The number of aromatic nitrogens is 2. The van der Waals surface area contributed by atoms with Gasteiger partial charge in [0, 0.05) is 7.05 Å². The molecule has 0 saturated carbocycles. The van der Waals surface area contributed by atoms with Crippen LogP contribution >= 0.6 is 0 Å². The van der Waals surface area contributed by atoms with Crippen LogP contribution in [0.15, 0.2) is 45.9 Å². The van der Waals surface area contributed by atoms with Crippen molar-refractivity contribution in [2.45, 2.75) is 44.8 Å². The minimum Gasteiger partial charge on any atom is -0.486 e. The Labute approximate surface area is 198 Å². The van der Waals surface area contributed by atoms with Crippen molar-refractivity contribution in [1.82, 2.24) is 19.4 Å². The zero-order chi connectivity index (χ0) is 24.5. The lowest BCUT2D eigenvalue weighted by Gasteiger charge is -2.21. The highest BCUT2D eigenvalue weighted by molar-refractivity contribution is 7.89. The number of sulfonamides is 1. The Kier molecular flexibility index (Phi) is 6.67. The lowest BCUT2D eigenvalue weighted by atomic mass is 10.1. The van der Waals surface area contributed by atoms with E-state index in [1.807, 2.05) is 25.1 Å². The number of amides is 1. The molecule has 3 aromatic rings. The number of nitrogens with one attached hydrogen (secondary N) is 1. The predicted octanol–water partition coefficient (Wildman–Crippen LogP) is 2.56. The Morgan fingerprint density at radius 1 is 1.21 bits per heavy atom. The summed E-state index contributed by atoms with van der Waals surface area (Å²) >= 11 is 0. The molecule has 1 N–H and O–H groups in total. The molecule has 1 amide bonds. The van der Waals surface area contributed by atoms with E-state index in [2.05, 4.69) is 10.4 Å². The van der Waals surface area contributed by atoms with Gasteiger partial charge in [0.15, 0.2) is 11.5 Å². The fraction of sp³-hybridized carbons (Fsp3) is 0.391. The van der Waals surface area contributed by atoms with E-state index < -0.39 is 10.0 Å². The summed E-state index contributed by atoms with van der Waals surface area (Å²) in [4.78, 5) is 12.8. The van der Waals surface area contributed by atoms with Gasteiger partial charge in [-0.1, -0.05) is 6.07 Å². The summed E-state index contributed by atoms with van der Waals surface area (Å²) in [6.45, 7) is 6.10. The summed E-state index contributed by atoms with van der Waals surface area (Å²) in [5.74, 6) is 1.57. The second-order valence-corrected chi connectivity index (χ2v) is 10.2. The number of carbonyl (C=O) groups is 1. The molecule has 1 unspecified atom stereocenters. The van der Waals surface area contributed by atoms with Gasteiger partial charge >= 0.3 is 0 Å².